The first-order chi connectivity index (χ1) is 14.6. The zero-order valence-corrected chi connectivity index (χ0v) is 17.1. The monoisotopic (exact) mass is 434 g/mol. The maximum absolute atomic E-state index is 12.7. The van der Waals surface area contributed by atoms with Crippen LogP contribution >= 0.6 is 0 Å². The third kappa shape index (κ3) is 5.14. The number of para-hydroxylation sites is 1. The molecule has 0 saturated heterocycles. The van der Waals surface area contributed by atoms with Crippen LogP contribution in [0.2, 0.25) is 0 Å². The van der Waals surface area contributed by atoms with Gasteiger partial charge in [0.1, 0.15) is 28.6 Å². The molecule has 0 aliphatic carbocycles. The lowest BCUT2D eigenvalue weighted by molar-refractivity contribution is -0.134. The van der Waals surface area contributed by atoms with Gasteiger partial charge < -0.3 is 15.2 Å². The van der Waals surface area contributed by atoms with Gasteiger partial charge in [-0.2, -0.15) is 18.3 Å². The molecular formula is C21H21F3N4O3. The second-order valence-electron chi connectivity index (χ2n) is 6.95. The number of halogens is 3. The lowest BCUT2D eigenvalue weighted by Gasteiger charge is -2.15. The predicted octanol–water partition coefficient (Wildman–Crippen LogP) is 4.83. The zero-order valence-electron chi connectivity index (χ0n) is 17.1. The predicted molar refractivity (Wildman–Crippen MR) is 108 cm³/mol. The Morgan fingerprint density at radius 1 is 1.23 bits per heavy atom. The Morgan fingerprint density at radius 2 is 1.97 bits per heavy atom. The maximum Gasteiger partial charge on any atom is 0.389 e. The number of hydrogen-bond donors (Lipinski definition) is 2. The summed E-state index contributed by atoms with van der Waals surface area (Å²) in [5.41, 5.74) is 1.98. The molecule has 0 aliphatic rings. The van der Waals surface area contributed by atoms with Crippen LogP contribution in [-0.4, -0.2) is 39.1 Å². The molecule has 0 radical (unpaired) electrons. The number of anilines is 2. The van der Waals surface area contributed by atoms with E-state index < -0.39 is 18.6 Å². The fraction of sp³-hybridized carbons (Fsp3) is 0.286. The molecular weight excluding hydrogens is 413 g/mol. The van der Waals surface area contributed by atoms with Crippen molar-refractivity contribution in [3.05, 3.63) is 58.9 Å². The highest BCUT2D eigenvalue weighted by atomic mass is 19.4. The minimum atomic E-state index is -4.33. The van der Waals surface area contributed by atoms with Crippen LogP contribution in [0.1, 0.15) is 33.7 Å². The second kappa shape index (κ2) is 8.66. The SMILES string of the molecule is COc1cccc(C)c1-n1nc(CCC(F)(F)F)cc1Nc1nc(C)ccc1C(=O)O. The van der Waals surface area contributed by atoms with Gasteiger partial charge in [0, 0.05) is 24.6 Å². The second-order valence-corrected chi connectivity index (χ2v) is 6.95. The van der Waals surface area contributed by atoms with E-state index in [0.29, 0.717) is 17.1 Å². The molecule has 0 atom stereocenters. The van der Waals surface area contributed by atoms with Gasteiger partial charge in [0.25, 0.3) is 0 Å². The first kappa shape index (κ1) is 22.1. The van der Waals surface area contributed by atoms with Crippen LogP contribution in [0.3, 0.4) is 0 Å². The number of aromatic nitrogens is 3. The van der Waals surface area contributed by atoms with Gasteiger partial charge in [0.05, 0.1) is 12.8 Å². The molecule has 10 heteroatoms. The molecule has 0 amide bonds. The van der Waals surface area contributed by atoms with Crippen LogP contribution in [-0.2, 0) is 6.42 Å². The minimum Gasteiger partial charge on any atom is -0.494 e. The van der Waals surface area contributed by atoms with Gasteiger partial charge in [-0.25, -0.2) is 14.5 Å². The Kier molecular flexibility index (Phi) is 6.19. The van der Waals surface area contributed by atoms with Gasteiger partial charge in [-0.3, -0.25) is 0 Å². The van der Waals surface area contributed by atoms with Crippen LogP contribution in [0.4, 0.5) is 24.8 Å². The van der Waals surface area contributed by atoms with E-state index in [1.165, 1.54) is 23.9 Å². The average Bonchev–Trinajstić information content (AvgIpc) is 3.07. The molecule has 31 heavy (non-hydrogen) atoms. The van der Waals surface area contributed by atoms with Crippen molar-refractivity contribution in [3.8, 4) is 11.4 Å². The summed E-state index contributed by atoms with van der Waals surface area (Å²) < 4.78 is 45.1. The zero-order chi connectivity index (χ0) is 22.8. The number of carboxylic acids is 1. The molecule has 1 aromatic carbocycles. The number of carbonyl (C=O) groups is 1. The topological polar surface area (TPSA) is 89.3 Å². The minimum absolute atomic E-state index is 0.0589. The highest BCUT2D eigenvalue weighted by Crippen LogP contribution is 2.32. The van der Waals surface area contributed by atoms with E-state index in [9.17, 15) is 23.1 Å². The lowest BCUT2D eigenvalue weighted by atomic mass is 10.2. The number of aryl methyl sites for hydroxylation is 3. The molecule has 2 heterocycles. The summed E-state index contributed by atoms with van der Waals surface area (Å²) in [6, 6.07) is 9.72. The van der Waals surface area contributed by atoms with Crippen molar-refractivity contribution in [2.75, 3.05) is 12.4 Å². The smallest absolute Gasteiger partial charge is 0.389 e. The van der Waals surface area contributed by atoms with E-state index in [0.717, 1.165) is 5.56 Å². The number of alkyl halides is 3. The number of ether oxygens (including phenoxy) is 1. The molecule has 0 saturated carbocycles. The number of pyridine rings is 1. The number of carboxylic acid groups (broad SMARTS) is 1. The third-order valence-electron chi connectivity index (χ3n) is 4.57. The van der Waals surface area contributed by atoms with Crippen molar-refractivity contribution in [1.29, 1.82) is 0 Å². The Labute approximate surface area is 176 Å². The average molecular weight is 434 g/mol. The number of benzene rings is 1. The normalized spacial score (nSPS) is 11.4. The number of nitrogens with zero attached hydrogens (tertiary/aromatic N) is 3. The van der Waals surface area contributed by atoms with Crippen molar-refractivity contribution >= 4 is 17.6 Å². The first-order valence-corrected chi connectivity index (χ1v) is 9.36. The number of nitrogens with one attached hydrogen (secondary N) is 1. The van der Waals surface area contributed by atoms with Crippen molar-refractivity contribution in [2.45, 2.75) is 32.9 Å². The molecule has 0 unspecified atom stereocenters. The first-order valence-electron chi connectivity index (χ1n) is 9.36. The summed E-state index contributed by atoms with van der Waals surface area (Å²) in [7, 11) is 1.48. The molecule has 0 bridgehead atoms. The Morgan fingerprint density at radius 3 is 2.61 bits per heavy atom. The van der Waals surface area contributed by atoms with E-state index in [1.807, 2.05) is 13.0 Å². The highest BCUT2D eigenvalue weighted by Gasteiger charge is 2.28. The van der Waals surface area contributed by atoms with Crippen LogP contribution in [0.5, 0.6) is 5.75 Å². The summed E-state index contributed by atoms with van der Waals surface area (Å²) in [4.78, 5) is 15.8. The quantitative estimate of drug-likeness (QED) is 0.554. The largest absolute Gasteiger partial charge is 0.494 e. The van der Waals surface area contributed by atoms with Crippen LogP contribution < -0.4 is 10.1 Å². The molecule has 3 aromatic rings. The summed E-state index contributed by atoms with van der Waals surface area (Å²) in [5, 5.41) is 16.8. The highest BCUT2D eigenvalue weighted by molar-refractivity contribution is 5.94. The summed E-state index contributed by atoms with van der Waals surface area (Å²) in [6.07, 6.45) is -5.68. The molecule has 2 N–H and O–H groups in total. The van der Waals surface area contributed by atoms with Gasteiger partial charge in [-0.15, -0.1) is 0 Å². The molecule has 0 fully saturated rings. The number of rotatable bonds is 7. The van der Waals surface area contributed by atoms with E-state index >= 15 is 0 Å². The van der Waals surface area contributed by atoms with Crippen molar-refractivity contribution in [2.24, 2.45) is 0 Å². The molecule has 164 valence electrons. The van der Waals surface area contributed by atoms with Gasteiger partial charge in [0.15, 0.2) is 0 Å². The van der Waals surface area contributed by atoms with E-state index in [1.54, 1.807) is 25.1 Å². The van der Waals surface area contributed by atoms with E-state index in [-0.39, 0.29) is 29.3 Å². The summed E-state index contributed by atoms with van der Waals surface area (Å²) in [6.45, 7) is 3.51. The number of hydrogen-bond acceptors (Lipinski definition) is 5. The standard InChI is InChI=1S/C21H21F3N4O3/c1-12-5-4-6-16(31-3)18(12)28-17(11-14(27-28)9-10-21(22,23)24)26-19-15(20(29)30)8-7-13(2)25-19/h4-8,11H,9-10H2,1-3H3,(H,25,26)(H,29,30). The fourth-order valence-electron chi connectivity index (χ4n) is 3.10. The number of aromatic carboxylic acids is 1. The Balaban J connectivity index is 2.12. The fourth-order valence-corrected chi connectivity index (χ4v) is 3.10. The van der Waals surface area contributed by atoms with Crippen LogP contribution in [0.25, 0.3) is 5.69 Å². The van der Waals surface area contributed by atoms with E-state index in [2.05, 4.69) is 15.4 Å². The van der Waals surface area contributed by atoms with Gasteiger partial charge in [0.2, 0.25) is 0 Å². The van der Waals surface area contributed by atoms with E-state index in [4.69, 9.17) is 4.74 Å². The van der Waals surface area contributed by atoms with Gasteiger partial charge >= 0.3 is 12.1 Å². The Bertz CT molecular complexity index is 1110. The van der Waals surface area contributed by atoms with Gasteiger partial charge in [-0.05, 0) is 37.6 Å². The van der Waals surface area contributed by atoms with Gasteiger partial charge in [-0.1, -0.05) is 12.1 Å². The third-order valence-corrected chi connectivity index (χ3v) is 4.57. The van der Waals surface area contributed by atoms with Crippen LogP contribution in [0.15, 0.2) is 36.4 Å². The van der Waals surface area contributed by atoms with Crippen molar-refractivity contribution in [3.63, 3.8) is 0 Å². The molecule has 2 aromatic heterocycles. The summed E-state index contributed by atoms with van der Waals surface area (Å²) >= 11 is 0. The Hall–Kier alpha value is -3.56. The molecule has 0 spiro atoms. The molecule has 7 nitrogen and oxygen atoms in total. The maximum atomic E-state index is 12.7. The van der Waals surface area contributed by atoms with Crippen molar-refractivity contribution < 1.29 is 27.8 Å². The van der Waals surface area contributed by atoms with Crippen LogP contribution in [0, 0.1) is 13.8 Å². The number of methoxy groups -OCH3 is 1. The molecule has 0 aliphatic heterocycles. The molecule has 3 rings (SSSR count). The lowest BCUT2D eigenvalue weighted by Crippen LogP contribution is -2.10. The summed E-state index contributed by atoms with van der Waals surface area (Å²) in [5.74, 6) is -0.398. The van der Waals surface area contributed by atoms with Crippen molar-refractivity contribution in [1.82, 2.24) is 14.8 Å².